The Balaban J connectivity index is 1.46. The fraction of sp³-hybridized carbons (Fsp3) is 0.588. The number of likely N-dealkylation sites (tertiary alicyclic amines) is 1. The molecule has 0 aromatic heterocycles. The van der Waals surface area contributed by atoms with Crippen LogP contribution in [-0.2, 0) is 4.79 Å². The van der Waals surface area contributed by atoms with Gasteiger partial charge in [-0.2, -0.15) is 0 Å². The van der Waals surface area contributed by atoms with Gasteiger partial charge in [-0.1, -0.05) is 30.3 Å². The van der Waals surface area contributed by atoms with Crippen molar-refractivity contribution in [1.82, 2.24) is 10.2 Å². The summed E-state index contributed by atoms with van der Waals surface area (Å²) in [6.45, 7) is 3.01. The summed E-state index contributed by atoms with van der Waals surface area (Å²) in [5, 5.41) is 12.5. The molecular weight excluding hydrogens is 264 g/mol. The third-order valence-corrected chi connectivity index (χ3v) is 4.59. The van der Waals surface area contributed by atoms with Gasteiger partial charge in [0.15, 0.2) is 0 Å². The second-order valence-electron chi connectivity index (χ2n) is 6.32. The highest BCUT2D eigenvalue weighted by molar-refractivity contribution is 5.73. The SMILES string of the molecule is O=C(O)C(CCN1CCC(c2ccccc2)C1)NC1CC1. The van der Waals surface area contributed by atoms with Crippen molar-refractivity contribution >= 4 is 5.97 Å². The highest BCUT2D eigenvalue weighted by atomic mass is 16.4. The van der Waals surface area contributed by atoms with Crippen LogP contribution in [0.15, 0.2) is 30.3 Å². The minimum atomic E-state index is -0.708. The van der Waals surface area contributed by atoms with Gasteiger partial charge in [0.2, 0.25) is 0 Å². The molecule has 2 unspecified atom stereocenters. The average Bonchev–Trinajstić information content (AvgIpc) is 3.19. The van der Waals surface area contributed by atoms with Gasteiger partial charge in [0, 0.05) is 19.1 Å². The first-order chi connectivity index (χ1) is 10.2. The van der Waals surface area contributed by atoms with E-state index in [1.807, 2.05) is 0 Å². The van der Waals surface area contributed by atoms with Crippen molar-refractivity contribution in [3.63, 3.8) is 0 Å². The second-order valence-corrected chi connectivity index (χ2v) is 6.32. The van der Waals surface area contributed by atoms with Crippen LogP contribution in [0.5, 0.6) is 0 Å². The Bertz CT molecular complexity index is 473. The minimum absolute atomic E-state index is 0.381. The molecule has 0 amide bonds. The molecular formula is C17H24N2O2. The van der Waals surface area contributed by atoms with Crippen LogP contribution < -0.4 is 5.32 Å². The van der Waals surface area contributed by atoms with E-state index in [4.69, 9.17) is 0 Å². The van der Waals surface area contributed by atoms with Crippen molar-refractivity contribution in [3.8, 4) is 0 Å². The molecule has 2 fully saturated rings. The maximum Gasteiger partial charge on any atom is 0.320 e. The zero-order chi connectivity index (χ0) is 14.7. The van der Waals surface area contributed by atoms with E-state index in [-0.39, 0.29) is 6.04 Å². The summed E-state index contributed by atoms with van der Waals surface area (Å²) in [4.78, 5) is 13.7. The lowest BCUT2D eigenvalue weighted by atomic mass is 9.99. The zero-order valence-electron chi connectivity index (χ0n) is 12.4. The molecule has 4 heteroatoms. The molecule has 114 valence electrons. The topological polar surface area (TPSA) is 52.6 Å². The monoisotopic (exact) mass is 288 g/mol. The van der Waals surface area contributed by atoms with Crippen LogP contribution in [0.25, 0.3) is 0 Å². The first-order valence-electron chi connectivity index (χ1n) is 7.98. The smallest absolute Gasteiger partial charge is 0.320 e. The van der Waals surface area contributed by atoms with Gasteiger partial charge in [-0.05, 0) is 43.7 Å². The largest absolute Gasteiger partial charge is 0.480 e. The summed E-state index contributed by atoms with van der Waals surface area (Å²) in [6.07, 6.45) is 4.14. The molecule has 1 saturated heterocycles. The summed E-state index contributed by atoms with van der Waals surface area (Å²) in [7, 11) is 0. The Kier molecular flexibility index (Phi) is 4.56. The van der Waals surface area contributed by atoms with Crippen LogP contribution in [-0.4, -0.2) is 47.7 Å². The Morgan fingerprint density at radius 3 is 2.71 bits per heavy atom. The van der Waals surface area contributed by atoms with E-state index >= 15 is 0 Å². The normalized spacial score (nSPS) is 24.1. The van der Waals surface area contributed by atoms with Crippen molar-refractivity contribution in [2.24, 2.45) is 0 Å². The molecule has 2 N–H and O–H groups in total. The molecule has 1 aromatic carbocycles. The fourth-order valence-electron chi connectivity index (χ4n) is 3.16. The first kappa shape index (κ1) is 14.5. The predicted octanol–water partition coefficient (Wildman–Crippen LogP) is 2.07. The summed E-state index contributed by atoms with van der Waals surface area (Å²) in [6, 6.07) is 10.7. The van der Waals surface area contributed by atoms with Gasteiger partial charge in [-0.25, -0.2) is 0 Å². The molecule has 0 bridgehead atoms. The van der Waals surface area contributed by atoms with Crippen molar-refractivity contribution in [2.45, 2.75) is 43.7 Å². The summed E-state index contributed by atoms with van der Waals surface area (Å²) in [5.74, 6) is -0.105. The lowest BCUT2D eigenvalue weighted by molar-refractivity contribution is -0.139. The van der Waals surface area contributed by atoms with Gasteiger partial charge in [0.25, 0.3) is 0 Å². The molecule has 1 aliphatic heterocycles. The molecule has 2 aliphatic rings. The third kappa shape index (κ3) is 4.05. The molecule has 1 aromatic rings. The number of nitrogens with zero attached hydrogens (tertiary/aromatic N) is 1. The van der Waals surface area contributed by atoms with Crippen molar-refractivity contribution in [3.05, 3.63) is 35.9 Å². The van der Waals surface area contributed by atoms with E-state index < -0.39 is 5.97 Å². The number of aliphatic carboxylic acids is 1. The number of nitrogens with one attached hydrogen (secondary N) is 1. The molecule has 1 heterocycles. The van der Waals surface area contributed by atoms with Crippen molar-refractivity contribution < 1.29 is 9.90 Å². The summed E-state index contributed by atoms with van der Waals surface area (Å²) < 4.78 is 0. The highest BCUT2D eigenvalue weighted by Gasteiger charge is 2.29. The molecule has 21 heavy (non-hydrogen) atoms. The van der Waals surface area contributed by atoms with Gasteiger partial charge in [-0.3, -0.25) is 4.79 Å². The number of rotatable bonds is 7. The Morgan fingerprint density at radius 2 is 2.05 bits per heavy atom. The molecule has 4 nitrogen and oxygen atoms in total. The van der Waals surface area contributed by atoms with Gasteiger partial charge in [0.05, 0.1) is 0 Å². The quantitative estimate of drug-likeness (QED) is 0.806. The van der Waals surface area contributed by atoms with Gasteiger partial charge in [0.1, 0.15) is 6.04 Å². The first-order valence-corrected chi connectivity index (χ1v) is 7.98. The Morgan fingerprint density at radius 1 is 1.29 bits per heavy atom. The number of hydrogen-bond donors (Lipinski definition) is 2. The van der Waals surface area contributed by atoms with Crippen LogP contribution in [0, 0.1) is 0 Å². The van der Waals surface area contributed by atoms with E-state index in [0.717, 1.165) is 32.5 Å². The number of hydrogen-bond acceptors (Lipinski definition) is 3. The number of carboxylic acid groups (broad SMARTS) is 1. The maximum atomic E-state index is 11.3. The van der Waals surface area contributed by atoms with Crippen LogP contribution in [0.1, 0.15) is 37.2 Å². The lowest BCUT2D eigenvalue weighted by Gasteiger charge is -2.20. The molecule has 0 radical (unpaired) electrons. The molecule has 1 aliphatic carbocycles. The number of carbonyl (C=O) groups is 1. The Hall–Kier alpha value is -1.39. The van der Waals surface area contributed by atoms with Crippen molar-refractivity contribution in [2.75, 3.05) is 19.6 Å². The molecule has 1 saturated carbocycles. The van der Waals surface area contributed by atoms with Crippen molar-refractivity contribution in [1.29, 1.82) is 0 Å². The third-order valence-electron chi connectivity index (χ3n) is 4.59. The van der Waals surface area contributed by atoms with Crippen LogP contribution in [0.3, 0.4) is 0 Å². The molecule has 2 atom stereocenters. The van der Waals surface area contributed by atoms with Crippen LogP contribution in [0.2, 0.25) is 0 Å². The van der Waals surface area contributed by atoms with Crippen LogP contribution in [0.4, 0.5) is 0 Å². The van der Waals surface area contributed by atoms with Gasteiger partial charge < -0.3 is 15.3 Å². The van der Waals surface area contributed by atoms with Gasteiger partial charge >= 0.3 is 5.97 Å². The summed E-state index contributed by atoms with van der Waals surface area (Å²) in [5.41, 5.74) is 1.41. The number of carboxylic acids is 1. The Labute approximate surface area is 126 Å². The van der Waals surface area contributed by atoms with E-state index in [1.54, 1.807) is 0 Å². The average molecular weight is 288 g/mol. The minimum Gasteiger partial charge on any atom is -0.480 e. The highest BCUT2D eigenvalue weighted by Crippen LogP contribution is 2.27. The predicted molar refractivity (Wildman–Crippen MR) is 82.4 cm³/mol. The standard InChI is InChI=1S/C17H24N2O2/c20-17(21)16(18-15-6-7-15)9-11-19-10-8-14(12-19)13-4-2-1-3-5-13/h1-5,14-16,18H,6-12H2,(H,20,21). The van der Waals surface area contributed by atoms with E-state index in [9.17, 15) is 9.90 Å². The zero-order valence-corrected chi connectivity index (χ0v) is 12.4. The summed E-state index contributed by atoms with van der Waals surface area (Å²) >= 11 is 0. The second kappa shape index (κ2) is 6.58. The van der Waals surface area contributed by atoms with E-state index in [2.05, 4.69) is 40.5 Å². The van der Waals surface area contributed by atoms with Gasteiger partial charge in [-0.15, -0.1) is 0 Å². The number of benzene rings is 1. The van der Waals surface area contributed by atoms with E-state index in [0.29, 0.717) is 18.4 Å². The maximum absolute atomic E-state index is 11.3. The van der Waals surface area contributed by atoms with Crippen LogP contribution >= 0.6 is 0 Å². The fourth-order valence-corrected chi connectivity index (χ4v) is 3.16. The molecule has 0 spiro atoms. The lowest BCUT2D eigenvalue weighted by Crippen LogP contribution is -2.40. The molecule has 3 rings (SSSR count). The van der Waals surface area contributed by atoms with E-state index in [1.165, 1.54) is 12.0 Å².